The van der Waals surface area contributed by atoms with Crippen LogP contribution in [-0.2, 0) is 4.79 Å². The number of aromatic nitrogens is 2. The Labute approximate surface area is 83.9 Å². The van der Waals surface area contributed by atoms with Gasteiger partial charge in [-0.05, 0) is 6.07 Å². The Balaban J connectivity index is 3.14. The minimum atomic E-state index is -1.23. The molecule has 0 aliphatic rings. The Bertz CT molecular complexity index is 394. The van der Waals surface area contributed by atoms with Crippen molar-refractivity contribution in [3.05, 3.63) is 16.8 Å². The minimum Gasteiger partial charge on any atom is -0.478 e. The van der Waals surface area contributed by atoms with Gasteiger partial charge in [0.25, 0.3) is 0 Å². The van der Waals surface area contributed by atoms with Gasteiger partial charge in [0.15, 0.2) is 11.0 Å². The molecule has 74 valence electrons. The smallest absolute Gasteiger partial charge is 0.339 e. The number of hydrogen-bond acceptors (Lipinski definition) is 4. The first-order valence-corrected chi connectivity index (χ1v) is 3.92. The summed E-state index contributed by atoms with van der Waals surface area (Å²) in [5, 5.41) is 17.8. The summed E-state index contributed by atoms with van der Waals surface area (Å²) in [4.78, 5) is 21.3. The number of nitrogens with zero attached hydrogens (tertiary/aromatic N) is 2. The highest BCUT2D eigenvalue weighted by molar-refractivity contribution is 6.29. The molecule has 1 amide bonds. The van der Waals surface area contributed by atoms with Gasteiger partial charge in [0.2, 0.25) is 5.91 Å². The fraction of sp³-hybridized carbons (Fsp3) is 0.143. The van der Waals surface area contributed by atoms with Crippen LogP contribution in [0.4, 0.5) is 5.82 Å². The number of carbonyl (C=O) groups excluding carboxylic acids is 1. The SMILES string of the molecule is CC(=O)Nc1nnc(Cl)cc1C(=O)O. The van der Waals surface area contributed by atoms with E-state index in [1.807, 2.05) is 0 Å². The van der Waals surface area contributed by atoms with E-state index in [9.17, 15) is 9.59 Å². The second-order valence-corrected chi connectivity index (χ2v) is 2.80. The lowest BCUT2D eigenvalue weighted by molar-refractivity contribution is -0.114. The lowest BCUT2D eigenvalue weighted by atomic mass is 10.3. The highest BCUT2D eigenvalue weighted by atomic mass is 35.5. The predicted octanol–water partition coefficient (Wildman–Crippen LogP) is 0.787. The highest BCUT2D eigenvalue weighted by Crippen LogP contribution is 2.14. The molecule has 0 unspecified atom stereocenters. The van der Waals surface area contributed by atoms with E-state index in [2.05, 4.69) is 15.5 Å². The van der Waals surface area contributed by atoms with Gasteiger partial charge in [-0.2, -0.15) is 0 Å². The monoisotopic (exact) mass is 215 g/mol. The topological polar surface area (TPSA) is 92.2 Å². The fourth-order valence-electron chi connectivity index (χ4n) is 0.790. The van der Waals surface area contributed by atoms with Crippen LogP contribution in [0.5, 0.6) is 0 Å². The lowest BCUT2D eigenvalue weighted by Crippen LogP contribution is -2.13. The van der Waals surface area contributed by atoms with E-state index in [1.54, 1.807) is 0 Å². The molecule has 0 fully saturated rings. The zero-order valence-electron chi connectivity index (χ0n) is 7.11. The molecule has 1 rings (SSSR count). The van der Waals surface area contributed by atoms with Gasteiger partial charge in [-0.25, -0.2) is 4.79 Å². The number of halogens is 1. The summed E-state index contributed by atoms with van der Waals surface area (Å²) in [5.74, 6) is -1.77. The number of carboxylic acid groups (broad SMARTS) is 1. The molecule has 0 radical (unpaired) electrons. The first-order valence-electron chi connectivity index (χ1n) is 3.55. The van der Waals surface area contributed by atoms with Crippen molar-refractivity contribution in [3.8, 4) is 0 Å². The first kappa shape index (κ1) is 10.4. The van der Waals surface area contributed by atoms with Crippen molar-refractivity contribution in [2.75, 3.05) is 5.32 Å². The van der Waals surface area contributed by atoms with E-state index in [-0.39, 0.29) is 16.5 Å². The van der Waals surface area contributed by atoms with Crippen molar-refractivity contribution in [1.29, 1.82) is 0 Å². The zero-order valence-corrected chi connectivity index (χ0v) is 7.87. The molecule has 0 saturated carbocycles. The van der Waals surface area contributed by atoms with E-state index in [0.717, 1.165) is 6.07 Å². The standard InChI is InChI=1S/C7H6ClN3O3/c1-3(12)9-6-4(7(13)14)2-5(8)10-11-6/h2H,1H3,(H,13,14)(H,9,11,12). The van der Waals surface area contributed by atoms with Crippen molar-refractivity contribution in [3.63, 3.8) is 0 Å². The van der Waals surface area contributed by atoms with Crippen LogP contribution in [0.25, 0.3) is 0 Å². The molecule has 0 aromatic carbocycles. The minimum absolute atomic E-state index is 0.0449. The zero-order chi connectivity index (χ0) is 10.7. The molecule has 0 bridgehead atoms. The molecule has 1 aromatic rings. The van der Waals surface area contributed by atoms with Crippen molar-refractivity contribution < 1.29 is 14.7 Å². The Morgan fingerprint density at radius 2 is 2.14 bits per heavy atom. The highest BCUT2D eigenvalue weighted by Gasteiger charge is 2.13. The molecule has 14 heavy (non-hydrogen) atoms. The average Bonchev–Trinajstić information content (AvgIpc) is 2.07. The van der Waals surface area contributed by atoms with Crippen LogP contribution in [0, 0.1) is 0 Å². The van der Waals surface area contributed by atoms with Gasteiger partial charge >= 0.3 is 5.97 Å². The van der Waals surface area contributed by atoms with Crippen LogP contribution in [0.1, 0.15) is 17.3 Å². The maximum Gasteiger partial charge on any atom is 0.339 e. The number of nitrogens with one attached hydrogen (secondary N) is 1. The predicted molar refractivity (Wildman–Crippen MR) is 48.3 cm³/mol. The molecule has 0 aliphatic heterocycles. The number of aromatic carboxylic acids is 1. The molecular weight excluding hydrogens is 210 g/mol. The fourth-order valence-corrected chi connectivity index (χ4v) is 0.937. The Morgan fingerprint density at radius 3 is 2.64 bits per heavy atom. The number of carbonyl (C=O) groups is 2. The van der Waals surface area contributed by atoms with Gasteiger partial charge in [0, 0.05) is 6.92 Å². The van der Waals surface area contributed by atoms with Gasteiger partial charge in [-0.3, -0.25) is 4.79 Å². The van der Waals surface area contributed by atoms with Gasteiger partial charge < -0.3 is 10.4 Å². The van der Waals surface area contributed by atoms with Crippen molar-refractivity contribution in [2.45, 2.75) is 6.92 Å². The van der Waals surface area contributed by atoms with Crippen LogP contribution >= 0.6 is 11.6 Å². The molecule has 2 N–H and O–H groups in total. The summed E-state index contributed by atoms with van der Waals surface area (Å²) in [5.41, 5.74) is -0.194. The van der Waals surface area contributed by atoms with Crippen molar-refractivity contribution in [1.82, 2.24) is 10.2 Å². The average molecular weight is 216 g/mol. The summed E-state index contributed by atoms with van der Waals surface area (Å²) in [6.07, 6.45) is 0. The number of anilines is 1. The summed E-state index contributed by atoms with van der Waals surface area (Å²) in [6.45, 7) is 1.24. The number of rotatable bonds is 2. The Morgan fingerprint density at radius 1 is 1.50 bits per heavy atom. The lowest BCUT2D eigenvalue weighted by Gasteiger charge is -2.03. The molecule has 0 saturated heterocycles. The number of amides is 1. The second kappa shape index (κ2) is 4.01. The number of hydrogen-bond donors (Lipinski definition) is 2. The third-order valence-corrected chi connectivity index (χ3v) is 1.47. The second-order valence-electron chi connectivity index (χ2n) is 2.42. The summed E-state index contributed by atoms with van der Waals surface area (Å²) in [6, 6.07) is 1.11. The molecular formula is C7H6ClN3O3. The molecule has 7 heteroatoms. The van der Waals surface area contributed by atoms with E-state index in [0.29, 0.717) is 0 Å². The van der Waals surface area contributed by atoms with Crippen molar-refractivity contribution in [2.24, 2.45) is 0 Å². The van der Waals surface area contributed by atoms with E-state index < -0.39 is 11.9 Å². The third-order valence-electron chi connectivity index (χ3n) is 1.29. The normalized spacial score (nSPS) is 9.57. The van der Waals surface area contributed by atoms with Crippen LogP contribution < -0.4 is 5.32 Å². The largest absolute Gasteiger partial charge is 0.478 e. The number of carboxylic acids is 1. The molecule has 1 aromatic heterocycles. The Kier molecular flexibility index (Phi) is 2.98. The van der Waals surface area contributed by atoms with E-state index in [1.165, 1.54) is 6.92 Å². The summed E-state index contributed by atoms with van der Waals surface area (Å²) < 4.78 is 0. The maximum atomic E-state index is 10.7. The first-order chi connectivity index (χ1) is 6.50. The maximum absolute atomic E-state index is 10.7. The van der Waals surface area contributed by atoms with E-state index in [4.69, 9.17) is 16.7 Å². The third kappa shape index (κ3) is 2.40. The summed E-state index contributed by atoms with van der Waals surface area (Å²) >= 11 is 5.45. The molecule has 6 nitrogen and oxygen atoms in total. The van der Waals surface area contributed by atoms with Gasteiger partial charge in [-0.15, -0.1) is 10.2 Å². The Hall–Kier alpha value is -1.69. The van der Waals surface area contributed by atoms with Gasteiger partial charge in [0.05, 0.1) is 0 Å². The molecule has 0 spiro atoms. The van der Waals surface area contributed by atoms with Crippen LogP contribution in [-0.4, -0.2) is 27.2 Å². The summed E-state index contributed by atoms with van der Waals surface area (Å²) in [7, 11) is 0. The van der Waals surface area contributed by atoms with Gasteiger partial charge in [0.1, 0.15) is 5.56 Å². The van der Waals surface area contributed by atoms with Gasteiger partial charge in [-0.1, -0.05) is 11.6 Å². The van der Waals surface area contributed by atoms with Crippen LogP contribution in [0.15, 0.2) is 6.07 Å². The quantitative estimate of drug-likeness (QED) is 0.761. The van der Waals surface area contributed by atoms with Crippen molar-refractivity contribution >= 4 is 29.3 Å². The van der Waals surface area contributed by atoms with E-state index >= 15 is 0 Å². The molecule has 0 aliphatic carbocycles. The van der Waals surface area contributed by atoms with Crippen LogP contribution in [0.2, 0.25) is 5.15 Å². The molecule has 0 atom stereocenters. The molecule has 1 heterocycles. The van der Waals surface area contributed by atoms with Crippen LogP contribution in [0.3, 0.4) is 0 Å².